The third-order valence-electron chi connectivity index (χ3n) is 9.08. The fourth-order valence-corrected chi connectivity index (χ4v) is 7.48. The molecule has 0 spiro atoms. The number of carbonyl (C=O) groups excluding carboxylic acids is 2. The Morgan fingerprint density at radius 3 is 2.68 bits per heavy atom. The lowest BCUT2D eigenvalue weighted by atomic mass is 9.48. The number of ether oxygens (including phenoxy) is 1. The van der Waals surface area contributed by atoms with Crippen LogP contribution in [-0.2, 0) is 14.3 Å². The number of Topliss-reactive ketones (excluding diaryl/α,β-unsaturated/α-hetero) is 1. The summed E-state index contributed by atoms with van der Waals surface area (Å²) in [4.78, 5) is 29.1. The molecule has 3 saturated carbocycles. The molecule has 0 aliphatic heterocycles. The third-order valence-corrected chi connectivity index (χ3v) is 9.08. The average molecular weight is 420 g/mol. The van der Waals surface area contributed by atoms with E-state index in [9.17, 15) is 9.59 Å². The molecule has 6 atom stereocenters. The van der Waals surface area contributed by atoms with E-state index in [0.29, 0.717) is 30.0 Å². The quantitative estimate of drug-likeness (QED) is 0.359. The summed E-state index contributed by atoms with van der Waals surface area (Å²) in [6, 6.07) is 5.88. The van der Waals surface area contributed by atoms with E-state index in [4.69, 9.17) is 4.74 Å². The first kappa shape index (κ1) is 20.7. The Morgan fingerprint density at radius 2 is 1.94 bits per heavy atom. The zero-order valence-electron chi connectivity index (χ0n) is 18.9. The molecule has 31 heavy (non-hydrogen) atoms. The maximum absolute atomic E-state index is 13.2. The Hall–Kier alpha value is -2.23. The molecule has 4 heteroatoms. The largest absolute Gasteiger partial charge is 0.462 e. The molecule has 0 aromatic carbocycles. The minimum absolute atomic E-state index is 0.0307. The standard InChI is InChI=1S/C27H33NO3/c1-17(29)31-20-9-11-26(2)18(14-20)7-8-21-22(26)10-12-27(3)23(21)16-25(30)24(27)15-19-6-4-5-13-28-19/h4-7,13,15,20-23H,8-12,14,16H2,1-3H3/b24-15+/t20-,21+,22-,23-,26-,27-/m0/s1. The number of carbonyl (C=O) groups is 2. The average Bonchev–Trinajstić information content (AvgIpc) is 2.99. The van der Waals surface area contributed by atoms with Gasteiger partial charge in [-0.3, -0.25) is 14.6 Å². The Kier molecular flexibility index (Phi) is 4.95. The smallest absolute Gasteiger partial charge is 0.302 e. The van der Waals surface area contributed by atoms with Gasteiger partial charge in [0.2, 0.25) is 0 Å². The van der Waals surface area contributed by atoms with Gasteiger partial charge >= 0.3 is 5.97 Å². The molecule has 164 valence electrons. The second-order valence-electron chi connectivity index (χ2n) is 10.6. The summed E-state index contributed by atoms with van der Waals surface area (Å²) in [7, 11) is 0. The van der Waals surface area contributed by atoms with Crippen LogP contribution in [0.25, 0.3) is 6.08 Å². The number of hydrogen-bond acceptors (Lipinski definition) is 4. The lowest BCUT2D eigenvalue weighted by molar-refractivity contribution is -0.148. The first-order chi connectivity index (χ1) is 14.8. The van der Waals surface area contributed by atoms with Gasteiger partial charge in [0.1, 0.15) is 6.10 Å². The zero-order chi connectivity index (χ0) is 21.8. The van der Waals surface area contributed by atoms with Crippen molar-refractivity contribution in [2.75, 3.05) is 0 Å². The summed E-state index contributed by atoms with van der Waals surface area (Å²) < 4.78 is 5.55. The Balaban J connectivity index is 1.44. The molecule has 0 N–H and O–H groups in total. The van der Waals surface area contributed by atoms with Crippen molar-refractivity contribution in [3.8, 4) is 0 Å². The van der Waals surface area contributed by atoms with Gasteiger partial charge in [0.25, 0.3) is 0 Å². The van der Waals surface area contributed by atoms with Crippen LogP contribution >= 0.6 is 0 Å². The number of pyridine rings is 1. The molecule has 4 nitrogen and oxygen atoms in total. The number of fused-ring (bicyclic) bond motifs is 5. The number of ketones is 1. The minimum atomic E-state index is -0.173. The summed E-state index contributed by atoms with van der Waals surface area (Å²) in [5, 5.41) is 0. The van der Waals surface area contributed by atoms with Crippen molar-refractivity contribution in [1.82, 2.24) is 4.98 Å². The van der Waals surface area contributed by atoms with E-state index < -0.39 is 0 Å². The molecule has 1 aromatic rings. The van der Waals surface area contributed by atoms with Crippen LogP contribution in [0.2, 0.25) is 0 Å². The van der Waals surface area contributed by atoms with Crippen LogP contribution in [0, 0.1) is 28.6 Å². The first-order valence-electron chi connectivity index (χ1n) is 11.8. The van der Waals surface area contributed by atoms with E-state index in [1.807, 2.05) is 18.2 Å². The highest BCUT2D eigenvalue weighted by molar-refractivity contribution is 6.03. The number of allylic oxidation sites excluding steroid dienone is 2. The lowest BCUT2D eigenvalue weighted by Gasteiger charge is -2.57. The van der Waals surface area contributed by atoms with Crippen LogP contribution in [0.4, 0.5) is 0 Å². The zero-order valence-corrected chi connectivity index (χ0v) is 18.9. The van der Waals surface area contributed by atoms with Crippen molar-refractivity contribution >= 4 is 17.8 Å². The summed E-state index contributed by atoms with van der Waals surface area (Å²) >= 11 is 0. The Labute approximate surface area is 185 Å². The van der Waals surface area contributed by atoms with Gasteiger partial charge in [0, 0.05) is 31.5 Å². The predicted molar refractivity (Wildman–Crippen MR) is 120 cm³/mol. The highest BCUT2D eigenvalue weighted by Crippen LogP contribution is 2.65. The van der Waals surface area contributed by atoms with E-state index in [2.05, 4.69) is 31.0 Å². The summed E-state index contributed by atoms with van der Waals surface area (Å²) in [5.41, 5.74) is 3.50. The number of aromatic nitrogens is 1. The number of hydrogen-bond donors (Lipinski definition) is 0. The van der Waals surface area contributed by atoms with Gasteiger partial charge < -0.3 is 4.74 Å². The van der Waals surface area contributed by atoms with E-state index in [1.165, 1.54) is 12.5 Å². The third kappa shape index (κ3) is 3.30. The van der Waals surface area contributed by atoms with E-state index in [-0.39, 0.29) is 22.9 Å². The molecule has 0 saturated heterocycles. The molecular formula is C27H33NO3. The highest BCUT2D eigenvalue weighted by atomic mass is 16.5. The molecule has 0 unspecified atom stereocenters. The highest BCUT2D eigenvalue weighted by Gasteiger charge is 2.59. The molecule has 0 radical (unpaired) electrons. The summed E-state index contributed by atoms with van der Waals surface area (Å²) in [6.07, 6.45) is 13.2. The van der Waals surface area contributed by atoms with Gasteiger partial charge in [-0.15, -0.1) is 0 Å². The van der Waals surface area contributed by atoms with Crippen LogP contribution in [0.5, 0.6) is 0 Å². The van der Waals surface area contributed by atoms with Crippen molar-refractivity contribution in [3.63, 3.8) is 0 Å². The van der Waals surface area contributed by atoms with Crippen LogP contribution in [0.15, 0.2) is 41.6 Å². The molecule has 0 bridgehead atoms. The fraction of sp³-hybridized carbons (Fsp3) is 0.593. The van der Waals surface area contributed by atoms with Crippen LogP contribution < -0.4 is 0 Å². The van der Waals surface area contributed by atoms with Crippen molar-refractivity contribution in [2.45, 2.75) is 71.8 Å². The molecule has 1 aromatic heterocycles. The maximum atomic E-state index is 13.2. The van der Waals surface area contributed by atoms with Crippen LogP contribution in [0.3, 0.4) is 0 Å². The normalized spacial score (nSPS) is 40.5. The van der Waals surface area contributed by atoms with Crippen LogP contribution in [-0.4, -0.2) is 22.8 Å². The van der Waals surface area contributed by atoms with Gasteiger partial charge in [-0.2, -0.15) is 0 Å². The first-order valence-corrected chi connectivity index (χ1v) is 11.8. The fourth-order valence-electron chi connectivity index (χ4n) is 7.48. The monoisotopic (exact) mass is 419 g/mol. The molecular weight excluding hydrogens is 386 g/mol. The number of esters is 1. The number of rotatable bonds is 2. The van der Waals surface area contributed by atoms with Gasteiger partial charge in [-0.25, -0.2) is 0 Å². The summed E-state index contributed by atoms with van der Waals surface area (Å²) in [5.74, 6) is 1.72. The maximum Gasteiger partial charge on any atom is 0.302 e. The second kappa shape index (κ2) is 7.43. The topological polar surface area (TPSA) is 56.3 Å². The van der Waals surface area contributed by atoms with Gasteiger partial charge in [-0.05, 0) is 78.9 Å². The predicted octanol–water partition coefficient (Wildman–Crippen LogP) is 5.54. The lowest BCUT2D eigenvalue weighted by Crippen LogP contribution is -2.49. The summed E-state index contributed by atoms with van der Waals surface area (Å²) in [6.45, 7) is 6.27. The van der Waals surface area contributed by atoms with Crippen LogP contribution in [0.1, 0.15) is 71.4 Å². The van der Waals surface area contributed by atoms with Crippen molar-refractivity contribution in [1.29, 1.82) is 0 Å². The van der Waals surface area contributed by atoms with E-state index in [1.54, 1.807) is 6.20 Å². The Bertz CT molecular complexity index is 964. The molecule has 0 amide bonds. The van der Waals surface area contributed by atoms with Gasteiger partial charge in [0.05, 0.1) is 5.69 Å². The van der Waals surface area contributed by atoms with Gasteiger partial charge in [0.15, 0.2) is 5.78 Å². The number of nitrogens with zero attached hydrogens (tertiary/aromatic N) is 1. The molecule has 4 aliphatic rings. The van der Waals surface area contributed by atoms with Crippen molar-refractivity contribution in [3.05, 3.63) is 47.3 Å². The second-order valence-corrected chi connectivity index (χ2v) is 10.6. The van der Waals surface area contributed by atoms with Crippen molar-refractivity contribution in [2.24, 2.45) is 28.6 Å². The molecule has 3 fully saturated rings. The minimum Gasteiger partial charge on any atom is -0.462 e. The van der Waals surface area contributed by atoms with E-state index >= 15 is 0 Å². The van der Waals surface area contributed by atoms with Crippen molar-refractivity contribution < 1.29 is 14.3 Å². The molecule has 5 rings (SSSR count). The van der Waals surface area contributed by atoms with Gasteiger partial charge in [-0.1, -0.05) is 31.6 Å². The Morgan fingerprint density at radius 1 is 1.13 bits per heavy atom. The SMILES string of the molecule is CC(=O)O[C@H]1CC[C@@]2(C)C(=CC[C@@H]3[C@@H]2CC[C@]2(C)/C(=C/c4ccccn4)C(=O)C[C@@H]32)C1. The molecule has 1 heterocycles. The molecule has 4 aliphatic carbocycles. The van der Waals surface area contributed by atoms with E-state index in [0.717, 1.165) is 49.8 Å².